The van der Waals surface area contributed by atoms with Gasteiger partial charge in [0, 0.05) is 29.9 Å². The number of aliphatic hydroxyl groups excluding tert-OH is 1. The van der Waals surface area contributed by atoms with Crippen molar-refractivity contribution >= 4 is 29.1 Å². The maximum Gasteiger partial charge on any atom is 0.276 e. The van der Waals surface area contributed by atoms with Crippen LogP contribution in [0.15, 0.2) is 60.9 Å². The third-order valence-corrected chi connectivity index (χ3v) is 7.26. The molecule has 2 saturated carbocycles. The summed E-state index contributed by atoms with van der Waals surface area (Å²) in [6, 6.07) is 15.1. The van der Waals surface area contributed by atoms with Crippen LogP contribution >= 0.6 is 0 Å². The van der Waals surface area contributed by atoms with Gasteiger partial charge >= 0.3 is 0 Å². The number of aliphatic hydroxyl groups is 1. The summed E-state index contributed by atoms with van der Waals surface area (Å²) < 4.78 is 0. The minimum absolute atomic E-state index is 0.0126. The molecular weight excluding hydrogens is 518 g/mol. The first-order chi connectivity index (χ1) is 20.0. The fourth-order valence-corrected chi connectivity index (χ4v) is 4.68. The summed E-state index contributed by atoms with van der Waals surface area (Å²) in [5, 5.41) is 26.5. The molecule has 0 bridgehead atoms. The molecule has 41 heavy (non-hydrogen) atoms. The Morgan fingerprint density at radius 3 is 2.56 bits per heavy atom. The number of amides is 2. The van der Waals surface area contributed by atoms with Crippen molar-refractivity contribution in [1.29, 1.82) is 0 Å². The number of carbonyl (C=O) groups excluding carboxylic acids is 2. The summed E-state index contributed by atoms with van der Waals surface area (Å²) in [6.45, 7) is 2.30. The highest BCUT2D eigenvalue weighted by atomic mass is 16.3. The van der Waals surface area contributed by atoms with Crippen LogP contribution in [0.25, 0.3) is 22.4 Å². The van der Waals surface area contributed by atoms with Crippen LogP contribution in [-0.2, 0) is 4.79 Å². The van der Waals surface area contributed by atoms with Gasteiger partial charge in [0.2, 0.25) is 5.91 Å². The Hall–Kier alpha value is -4.70. The van der Waals surface area contributed by atoms with E-state index in [1.807, 2.05) is 55.5 Å². The number of carbonyl (C=O) groups is 2. The Morgan fingerprint density at radius 2 is 1.78 bits per heavy atom. The van der Waals surface area contributed by atoms with Crippen molar-refractivity contribution in [3.63, 3.8) is 0 Å². The van der Waals surface area contributed by atoms with Crippen LogP contribution in [-0.4, -0.2) is 50.2 Å². The Labute approximate surface area is 237 Å². The molecule has 0 aliphatic heterocycles. The average Bonchev–Trinajstić information content (AvgIpc) is 3.90. The first-order valence-electron chi connectivity index (χ1n) is 13.9. The molecule has 2 amide bonds. The molecule has 3 aromatic heterocycles. The standard InChI is InChI=1S/C31H31N7O3/c1-18-2-7-24(35-31(41)27-13-23(17-34-38-27)19-3-4-19)16-25(18)22-12-26(36-28(15-22)33-10-11-39)21-8-9-32-29(14-21)37-30(40)20-5-6-20/h2,7-9,12-17,19-20,39H,3-6,10-11H2,1H3,(H,33,36)(H,35,41)(H,32,37,40). The van der Waals surface area contributed by atoms with Crippen LogP contribution in [0.5, 0.6) is 0 Å². The molecule has 2 fully saturated rings. The number of anilines is 3. The fourth-order valence-electron chi connectivity index (χ4n) is 4.68. The SMILES string of the molecule is Cc1ccc(NC(=O)c2cc(C3CC3)cnn2)cc1-c1cc(NCCO)nc(-c2ccnc(NC(=O)C3CC3)c2)c1. The Balaban J connectivity index is 1.30. The van der Waals surface area contributed by atoms with Crippen molar-refractivity contribution < 1.29 is 14.7 Å². The van der Waals surface area contributed by atoms with Crippen LogP contribution in [0, 0.1) is 12.8 Å². The molecule has 2 aliphatic carbocycles. The fraction of sp³-hybridized carbons (Fsp3) is 0.290. The van der Waals surface area contributed by atoms with Crippen LogP contribution in [0.3, 0.4) is 0 Å². The van der Waals surface area contributed by atoms with E-state index >= 15 is 0 Å². The number of hydrogen-bond acceptors (Lipinski definition) is 8. The van der Waals surface area contributed by atoms with Crippen molar-refractivity contribution in [2.24, 2.45) is 5.92 Å². The first kappa shape index (κ1) is 26.5. The second-order valence-electron chi connectivity index (χ2n) is 10.6. The van der Waals surface area contributed by atoms with E-state index in [1.165, 1.54) is 0 Å². The number of hydrogen-bond donors (Lipinski definition) is 4. The molecule has 0 spiro atoms. The summed E-state index contributed by atoms with van der Waals surface area (Å²) >= 11 is 0. The highest BCUT2D eigenvalue weighted by Crippen LogP contribution is 2.39. The maximum atomic E-state index is 13.0. The van der Waals surface area contributed by atoms with Gasteiger partial charge in [-0.1, -0.05) is 6.07 Å². The zero-order chi connectivity index (χ0) is 28.3. The molecule has 10 heteroatoms. The van der Waals surface area contributed by atoms with Gasteiger partial charge < -0.3 is 21.1 Å². The van der Waals surface area contributed by atoms with Gasteiger partial charge in [0.25, 0.3) is 5.91 Å². The van der Waals surface area contributed by atoms with E-state index in [1.54, 1.807) is 12.4 Å². The molecule has 1 aromatic carbocycles. The molecule has 0 saturated heterocycles. The maximum absolute atomic E-state index is 13.0. The molecule has 3 heterocycles. The number of aryl methyl sites for hydroxylation is 1. The van der Waals surface area contributed by atoms with Crippen molar-refractivity contribution in [2.45, 2.75) is 38.5 Å². The van der Waals surface area contributed by atoms with Gasteiger partial charge in [0.05, 0.1) is 18.5 Å². The molecule has 2 aliphatic rings. The van der Waals surface area contributed by atoms with Gasteiger partial charge in [0.1, 0.15) is 11.6 Å². The van der Waals surface area contributed by atoms with Gasteiger partial charge in [-0.15, -0.1) is 5.10 Å². The lowest BCUT2D eigenvalue weighted by molar-refractivity contribution is -0.117. The summed E-state index contributed by atoms with van der Waals surface area (Å²) in [5.41, 5.74) is 6.23. The second-order valence-corrected chi connectivity index (χ2v) is 10.6. The predicted molar refractivity (Wildman–Crippen MR) is 157 cm³/mol. The third kappa shape index (κ3) is 6.38. The second kappa shape index (κ2) is 11.4. The normalized spacial score (nSPS) is 14.4. The molecule has 0 unspecified atom stereocenters. The Morgan fingerprint density at radius 1 is 0.951 bits per heavy atom. The quantitative estimate of drug-likeness (QED) is 0.221. The van der Waals surface area contributed by atoms with Crippen LogP contribution in [0.2, 0.25) is 0 Å². The van der Waals surface area contributed by atoms with E-state index in [9.17, 15) is 14.7 Å². The first-order valence-corrected chi connectivity index (χ1v) is 13.9. The summed E-state index contributed by atoms with van der Waals surface area (Å²) in [7, 11) is 0. The van der Waals surface area contributed by atoms with Gasteiger partial charge in [-0.3, -0.25) is 9.59 Å². The predicted octanol–water partition coefficient (Wildman–Crippen LogP) is 4.79. The van der Waals surface area contributed by atoms with Gasteiger partial charge in [0.15, 0.2) is 5.69 Å². The minimum Gasteiger partial charge on any atom is -0.395 e. The largest absolute Gasteiger partial charge is 0.395 e. The van der Waals surface area contributed by atoms with Crippen LogP contribution in [0.4, 0.5) is 17.3 Å². The van der Waals surface area contributed by atoms with E-state index in [4.69, 9.17) is 4.98 Å². The molecule has 4 aromatic rings. The van der Waals surface area contributed by atoms with E-state index < -0.39 is 0 Å². The molecule has 0 radical (unpaired) electrons. The molecular formula is C31H31N7O3. The number of nitrogens with zero attached hydrogens (tertiary/aromatic N) is 4. The highest BCUT2D eigenvalue weighted by Gasteiger charge is 2.30. The van der Waals surface area contributed by atoms with Gasteiger partial charge in [-0.2, -0.15) is 5.10 Å². The van der Waals surface area contributed by atoms with E-state index in [0.29, 0.717) is 41.2 Å². The van der Waals surface area contributed by atoms with Crippen molar-refractivity contribution in [3.05, 3.63) is 77.7 Å². The molecule has 208 valence electrons. The Bertz CT molecular complexity index is 1620. The number of nitrogens with one attached hydrogen (secondary N) is 3. The highest BCUT2D eigenvalue weighted by molar-refractivity contribution is 6.03. The van der Waals surface area contributed by atoms with Crippen molar-refractivity contribution in [1.82, 2.24) is 20.2 Å². The molecule has 0 atom stereocenters. The summed E-state index contributed by atoms with van der Waals surface area (Å²) in [5.74, 6) is 1.29. The molecule has 10 nitrogen and oxygen atoms in total. The summed E-state index contributed by atoms with van der Waals surface area (Å²) in [4.78, 5) is 34.4. The minimum atomic E-state index is -0.312. The zero-order valence-corrected chi connectivity index (χ0v) is 22.7. The topological polar surface area (TPSA) is 142 Å². The van der Waals surface area contributed by atoms with E-state index in [2.05, 4.69) is 31.1 Å². The lowest BCUT2D eigenvalue weighted by atomic mass is 9.98. The number of benzene rings is 1. The lowest BCUT2D eigenvalue weighted by Gasteiger charge is -2.14. The van der Waals surface area contributed by atoms with Crippen molar-refractivity contribution in [3.8, 4) is 22.4 Å². The molecule has 4 N–H and O–H groups in total. The van der Waals surface area contributed by atoms with E-state index in [-0.39, 0.29) is 24.3 Å². The smallest absolute Gasteiger partial charge is 0.276 e. The number of pyridine rings is 2. The molecule has 6 rings (SSSR count). The number of rotatable bonds is 10. The van der Waals surface area contributed by atoms with E-state index in [0.717, 1.165) is 53.5 Å². The Kier molecular flexibility index (Phi) is 7.39. The summed E-state index contributed by atoms with van der Waals surface area (Å²) in [6.07, 6.45) is 7.44. The zero-order valence-electron chi connectivity index (χ0n) is 22.7. The monoisotopic (exact) mass is 549 g/mol. The average molecular weight is 550 g/mol. The van der Waals surface area contributed by atoms with Crippen molar-refractivity contribution in [2.75, 3.05) is 29.1 Å². The third-order valence-electron chi connectivity index (χ3n) is 7.26. The van der Waals surface area contributed by atoms with Gasteiger partial charge in [-0.05, 0) is 103 Å². The van der Waals surface area contributed by atoms with Crippen LogP contribution < -0.4 is 16.0 Å². The number of aromatic nitrogens is 4. The van der Waals surface area contributed by atoms with Crippen LogP contribution in [0.1, 0.15) is 53.2 Å². The lowest BCUT2D eigenvalue weighted by Crippen LogP contribution is -2.15. The van der Waals surface area contributed by atoms with Gasteiger partial charge in [-0.25, -0.2) is 9.97 Å².